The molecule has 1 aromatic heterocycles. The standard InChI is InChI=1S/C45H58ClF3N8O6/c1-25(2)38(53-43(61)62-7)41(59)57-23-26(3)18-36(57)39-50-22-34(51-39)29-10-8-28(9-11-29)30-19-32(46)33(20-37(30)63-45(47,48)49)52-42(60)55-16-14-54(15-17-55)35-12-13-56(24-27(35)4)40(58)31-21-44(31,5)6/h8-11,19-20,22,25-27,31,35-36,38H,12-18,21,23-24H2,1-7H3,(H,50,51)(H,52,60)(H,53,61)/t26-,27-,31+,35?,36-,38-/m0/s1. The lowest BCUT2D eigenvalue weighted by Crippen LogP contribution is -2.58. The normalized spacial score (nSPS) is 24.3. The van der Waals surface area contributed by atoms with Crippen molar-refractivity contribution in [3.05, 3.63) is 53.4 Å². The number of rotatable bonds is 10. The lowest BCUT2D eigenvalue weighted by molar-refractivity contribution is -0.274. The Morgan fingerprint density at radius 3 is 2.24 bits per heavy atom. The number of anilines is 1. The molecule has 342 valence electrons. The molecule has 6 atom stereocenters. The Morgan fingerprint density at radius 1 is 0.968 bits per heavy atom. The highest BCUT2D eigenvalue weighted by Gasteiger charge is 2.52. The van der Waals surface area contributed by atoms with Crippen LogP contribution in [0.3, 0.4) is 0 Å². The molecule has 3 aromatic rings. The molecule has 0 radical (unpaired) electrons. The van der Waals surface area contributed by atoms with Crippen LogP contribution in [-0.2, 0) is 14.3 Å². The number of aromatic nitrogens is 2. The number of nitrogens with zero attached hydrogens (tertiary/aromatic N) is 5. The number of hydrogen-bond donors (Lipinski definition) is 3. The zero-order valence-electron chi connectivity index (χ0n) is 36.9. The van der Waals surface area contributed by atoms with Gasteiger partial charge in [-0.3, -0.25) is 14.5 Å². The Kier molecular flexibility index (Phi) is 13.3. The molecule has 7 rings (SSSR count). The Labute approximate surface area is 371 Å². The number of alkyl carbamates (subject to hydrolysis) is 1. The monoisotopic (exact) mass is 898 g/mol. The molecule has 3 aliphatic heterocycles. The van der Waals surface area contributed by atoms with Gasteiger partial charge in [-0.05, 0) is 54.1 Å². The molecule has 4 aliphatic rings. The van der Waals surface area contributed by atoms with E-state index in [2.05, 4.69) is 46.0 Å². The van der Waals surface area contributed by atoms with Gasteiger partial charge in [-0.15, -0.1) is 13.2 Å². The third kappa shape index (κ3) is 10.3. The average molecular weight is 899 g/mol. The number of hydrogen-bond acceptors (Lipinski definition) is 8. The van der Waals surface area contributed by atoms with E-state index in [0.29, 0.717) is 68.3 Å². The van der Waals surface area contributed by atoms with Crippen LogP contribution in [-0.4, -0.2) is 125 Å². The van der Waals surface area contributed by atoms with Crippen LogP contribution in [0.2, 0.25) is 5.02 Å². The Bertz CT molecular complexity index is 2180. The number of likely N-dealkylation sites (tertiary alicyclic amines) is 2. The Morgan fingerprint density at radius 2 is 1.63 bits per heavy atom. The van der Waals surface area contributed by atoms with Crippen molar-refractivity contribution < 1.29 is 41.8 Å². The van der Waals surface area contributed by atoms with Crippen molar-refractivity contribution in [2.45, 2.75) is 85.3 Å². The quantitative estimate of drug-likeness (QED) is 0.185. The molecule has 1 aliphatic carbocycles. The van der Waals surface area contributed by atoms with Crippen molar-refractivity contribution in [2.24, 2.45) is 29.1 Å². The van der Waals surface area contributed by atoms with E-state index in [-0.39, 0.29) is 69.3 Å². The fourth-order valence-electron chi connectivity index (χ4n) is 9.42. The summed E-state index contributed by atoms with van der Waals surface area (Å²) in [4.78, 5) is 68.0. The van der Waals surface area contributed by atoms with Crippen molar-refractivity contribution >= 4 is 41.2 Å². The predicted molar refractivity (Wildman–Crippen MR) is 232 cm³/mol. The third-order valence-electron chi connectivity index (χ3n) is 13.2. The second-order valence-corrected chi connectivity index (χ2v) is 19.1. The summed E-state index contributed by atoms with van der Waals surface area (Å²) in [6.07, 6.45) is -1.56. The summed E-state index contributed by atoms with van der Waals surface area (Å²) in [7, 11) is 1.24. The number of urea groups is 1. The van der Waals surface area contributed by atoms with E-state index < -0.39 is 30.3 Å². The van der Waals surface area contributed by atoms with Gasteiger partial charge in [0.1, 0.15) is 17.6 Å². The minimum Gasteiger partial charge on any atom is -0.453 e. The van der Waals surface area contributed by atoms with Gasteiger partial charge >= 0.3 is 18.5 Å². The number of carbonyl (C=O) groups is 4. The SMILES string of the molecule is COC(=O)N[C@H](C(=O)N1C[C@@H](C)C[C@H]1c1nc(-c2ccc(-c3cc(Cl)c(NC(=O)N4CCN(C5CCN(C(=O)[C@H]6CC6(C)C)C[C@@H]5C)CC4)cc3OC(F)(F)F)cc2)c[nH]1)C(C)C. The molecule has 1 unspecified atom stereocenters. The zero-order valence-corrected chi connectivity index (χ0v) is 37.6. The molecular weight excluding hydrogens is 841 g/mol. The number of ether oxygens (including phenoxy) is 2. The summed E-state index contributed by atoms with van der Waals surface area (Å²) < 4.78 is 50.7. The molecule has 4 heterocycles. The van der Waals surface area contributed by atoms with Crippen LogP contribution in [0.5, 0.6) is 5.75 Å². The molecule has 0 spiro atoms. The lowest BCUT2D eigenvalue weighted by Gasteiger charge is -2.46. The molecule has 0 bridgehead atoms. The average Bonchev–Trinajstić information content (AvgIpc) is 3.52. The van der Waals surface area contributed by atoms with Gasteiger partial charge in [-0.2, -0.15) is 0 Å². The van der Waals surface area contributed by atoms with E-state index in [0.717, 1.165) is 25.5 Å². The summed E-state index contributed by atoms with van der Waals surface area (Å²) in [6, 6.07) is 7.76. The summed E-state index contributed by atoms with van der Waals surface area (Å²) in [5.74, 6) is 0.427. The van der Waals surface area contributed by atoms with E-state index in [1.54, 1.807) is 40.3 Å². The van der Waals surface area contributed by atoms with Gasteiger partial charge in [0.15, 0.2) is 0 Å². The van der Waals surface area contributed by atoms with Crippen LogP contribution in [0.25, 0.3) is 22.4 Å². The predicted octanol–water partition coefficient (Wildman–Crippen LogP) is 8.02. The number of imidazole rings is 1. The summed E-state index contributed by atoms with van der Waals surface area (Å²) >= 11 is 6.65. The fourth-order valence-corrected chi connectivity index (χ4v) is 9.63. The van der Waals surface area contributed by atoms with Crippen molar-refractivity contribution in [3.8, 4) is 28.1 Å². The van der Waals surface area contributed by atoms with Crippen molar-refractivity contribution in [2.75, 3.05) is 58.2 Å². The van der Waals surface area contributed by atoms with Gasteiger partial charge in [0.05, 0.1) is 29.6 Å². The number of H-pyrrole nitrogens is 1. The van der Waals surface area contributed by atoms with Crippen LogP contribution in [0, 0.1) is 29.1 Å². The van der Waals surface area contributed by atoms with E-state index in [9.17, 15) is 32.3 Å². The topological polar surface area (TPSA) is 152 Å². The number of alkyl halides is 3. The molecule has 5 amide bonds. The number of methoxy groups -OCH3 is 1. The highest BCUT2D eigenvalue weighted by atomic mass is 35.5. The molecule has 2 aromatic carbocycles. The summed E-state index contributed by atoms with van der Waals surface area (Å²) in [6.45, 7) is 16.2. The highest BCUT2D eigenvalue weighted by Crippen LogP contribution is 2.53. The molecular formula is C45H58ClF3N8O6. The Hall–Kier alpha value is -5.03. The number of nitrogens with one attached hydrogen (secondary N) is 3. The Balaban J connectivity index is 0.999. The lowest BCUT2D eigenvalue weighted by atomic mass is 9.91. The zero-order chi connectivity index (χ0) is 45.5. The molecule has 14 nitrogen and oxygen atoms in total. The van der Waals surface area contributed by atoms with Gasteiger partial charge in [0, 0.05) is 81.2 Å². The highest BCUT2D eigenvalue weighted by molar-refractivity contribution is 6.34. The van der Waals surface area contributed by atoms with E-state index in [1.165, 1.54) is 13.2 Å². The number of carbonyl (C=O) groups excluding carboxylic acids is 4. The van der Waals surface area contributed by atoms with E-state index >= 15 is 0 Å². The number of halogens is 4. The van der Waals surface area contributed by atoms with Gasteiger partial charge in [0.2, 0.25) is 11.8 Å². The first-order valence-corrected chi connectivity index (χ1v) is 22.1. The van der Waals surface area contributed by atoms with Crippen molar-refractivity contribution in [3.63, 3.8) is 0 Å². The maximum Gasteiger partial charge on any atom is 0.573 e. The first-order chi connectivity index (χ1) is 29.7. The van der Waals surface area contributed by atoms with Gasteiger partial charge in [0.25, 0.3) is 0 Å². The smallest absolute Gasteiger partial charge is 0.453 e. The molecule has 3 N–H and O–H groups in total. The van der Waals surface area contributed by atoms with Gasteiger partial charge < -0.3 is 39.8 Å². The van der Waals surface area contributed by atoms with Gasteiger partial charge in [-0.1, -0.05) is 77.4 Å². The molecule has 1 saturated carbocycles. The molecule has 4 fully saturated rings. The molecule has 3 saturated heterocycles. The minimum atomic E-state index is -5.03. The minimum absolute atomic E-state index is 0.0215. The summed E-state index contributed by atoms with van der Waals surface area (Å²) in [5, 5.41) is 5.39. The number of benzene rings is 2. The van der Waals surface area contributed by atoms with Crippen LogP contribution in [0.1, 0.15) is 72.7 Å². The number of aromatic amines is 1. The second-order valence-electron chi connectivity index (χ2n) is 18.6. The van der Waals surface area contributed by atoms with Crippen LogP contribution in [0.15, 0.2) is 42.6 Å². The first-order valence-electron chi connectivity index (χ1n) is 21.7. The molecule has 18 heteroatoms. The largest absolute Gasteiger partial charge is 0.573 e. The van der Waals surface area contributed by atoms with Crippen molar-refractivity contribution in [1.29, 1.82) is 0 Å². The maximum atomic E-state index is 13.8. The van der Waals surface area contributed by atoms with E-state index in [4.69, 9.17) is 21.3 Å². The second kappa shape index (κ2) is 18.2. The van der Waals surface area contributed by atoms with E-state index in [1.807, 2.05) is 25.7 Å². The number of amides is 5. The number of piperazine rings is 1. The van der Waals surface area contributed by atoms with Crippen LogP contribution in [0.4, 0.5) is 28.4 Å². The molecule has 63 heavy (non-hydrogen) atoms. The van der Waals surface area contributed by atoms with Crippen LogP contribution < -0.4 is 15.4 Å². The summed E-state index contributed by atoms with van der Waals surface area (Å²) in [5.41, 5.74) is 1.74. The maximum absolute atomic E-state index is 13.8. The first kappa shape index (κ1) is 46.0. The number of piperidine rings is 1. The fraction of sp³-hybridized carbons (Fsp3) is 0.578. The van der Waals surface area contributed by atoms with Crippen LogP contribution >= 0.6 is 11.6 Å². The third-order valence-corrected chi connectivity index (χ3v) is 13.5. The van der Waals surface area contributed by atoms with Crippen molar-refractivity contribution in [1.82, 2.24) is 34.9 Å². The van der Waals surface area contributed by atoms with Gasteiger partial charge in [-0.25, -0.2) is 14.6 Å².